The second kappa shape index (κ2) is 8.81. The van der Waals surface area contributed by atoms with Crippen LogP contribution in [0.25, 0.3) is 0 Å². The van der Waals surface area contributed by atoms with Crippen molar-refractivity contribution >= 4 is 21.9 Å². The third-order valence-electron chi connectivity index (χ3n) is 3.19. The van der Waals surface area contributed by atoms with Crippen molar-refractivity contribution < 1.29 is 36.3 Å². The van der Waals surface area contributed by atoms with Gasteiger partial charge in [-0.3, -0.25) is 4.79 Å². The van der Waals surface area contributed by atoms with Gasteiger partial charge in [0.2, 0.25) is 15.9 Å². The van der Waals surface area contributed by atoms with Crippen LogP contribution in [-0.4, -0.2) is 38.0 Å². The van der Waals surface area contributed by atoms with Gasteiger partial charge < -0.3 is 10.4 Å². The fourth-order valence-corrected chi connectivity index (χ4v) is 2.90. The number of hydrogen-bond acceptors (Lipinski definition) is 4. The van der Waals surface area contributed by atoms with E-state index in [-0.39, 0.29) is 6.42 Å². The first kappa shape index (κ1) is 21.6. The monoisotopic (exact) mass is 394 g/mol. The third-order valence-corrected chi connectivity index (χ3v) is 4.59. The highest BCUT2D eigenvalue weighted by atomic mass is 32.2. The van der Waals surface area contributed by atoms with E-state index in [0.717, 1.165) is 12.1 Å². The van der Waals surface area contributed by atoms with E-state index in [4.69, 9.17) is 5.11 Å². The number of alkyl halides is 3. The molecule has 0 bridgehead atoms. The maximum atomic E-state index is 12.6. The number of carboxylic acids is 1. The average molecular weight is 394 g/mol. The molecule has 0 fully saturated rings. The molecule has 144 valence electrons. The molecular formula is C15H17F3N2O5S. The minimum atomic E-state index is -4.72. The van der Waals surface area contributed by atoms with Crippen LogP contribution in [0.3, 0.4) is 0 Å². The minimum absolute atomic E-state index is 0.0605. The van der Waals surface area contributed by atoms with E-state index in [1.807, 2.05) is 4.72 Å². The summed E-state index contributed by atoms with van der Waals surface area (Å²) in [7, 11) is -4.39. The summed E-state index contributed by atoms with van der Waals surface area (Å²) in [5, 5.41) is 11.1. The van der Waals surface area contributed by atoms with Crippen molar-refractivity contribution in [3.63, 3.8) is 0 Å². The van der Waals surface area contributed by atoms with Crippen LogP contribution in [0.2, 0.25) is 0 Å². The van der Waals surface area contributed by atoms with E-state index >= 15 is 0 Å². The molecular weight excluding hydrogens is 377 g/mol. The number of aliphatic carboxylic acids is 1. The molecule has 0 aliphatic carbocycles. The van der Waals surface area contributed by atoms with E-state index < -0.39 is 51.1 Å². The van der Waals surface area contributed by atoms with Gasteiger partial charge in [-0.15, -0.1) is 6.58 Å². The molecule has 3 N–H and O–H groups in total. The van der Waals surface area contributed by atoms with Crippen LogP contribution in [-0.2, 0) is 25.8 Å². The quantitative estimate of drug-likeness (QED) is 0.550. The Kier molecular flexibility index (Phi) is 7.33. The molecule has 0 aliphatic heterocycles. The molecule has 1 rings (SSSR count). The molecule has 0 aromatic heterocycles. The Labute approximate surface area is 148 Å². The van der Waals surface area contributed by atoms with Crippen molar-refractivity contribution in [1.29, 1.82) is 0 Å². The number of nitrogens with one attached hydrogen (secondary N) is 2. The van der Waals surface area contributed by atoms with E-state index in [1.54, 1.807) is 0 Å². The van der Waals surface area contributed by atoms with Crippen LogP contribution in [0, 0.1) is 0 Å². The lowest BCUT2D eigenvalue weighted by molar-refractivity contribution is -0.141. The lowest BCUT2D eigenvalue weighted by atomic mass is 10.1. The normalized spacial score (nSPS) is 13.0. The van der Waals surface area contributed by atoms with Gasteiger partial charge >= 0.3 is 12.1 Å². The van der Waals surface area contributed by atoms with Crippen molar-refractivity contribution in [1.82, 2.24) is 10.0 Å². The summed E-state index contributed by atoms with van der Waals surface area (Å²) in [6.45, 7) is 2.60. The zero-order valence-electron chi connectivity index (χ0n) is 13.4. The van der Waals surface area contributed by atoms with E-state index in [9.17, 15) is 31.2 Å². The van der Waals surface area contributed by atoms with Crippen molar-refractivity contribution in [2.75, 3.05) is 6.54 Å². The fourth-order valence-electron chi connectivity index (χ4n) is 1.87. The number of allylic oxidation sites excluding steroid dienone is 1. The molecule has 0 aliphatic rings. The number of halogens is 3. The molecule has 0 saturated heterocycles. The van der Waals surface area contributed by atoms with Crippen molar-refractivity contribution in [2.24, 2.45) is 0 Å². The molecule has 1 aromatic carbocycles. The molecule has 26 heavy (non-hydrogen) atoms. The Bertz CT molecular complexity index is 778. The molecule has 11 heteroatoms. The predicted octanol–water partition coefficient (Wildman–Crippen LogP) is 1.52. The minimum Gasteiger partial charge on any atom is -0.480 e. The second-order valence-corrected chi connectivity index (χ2v) is 6.94. The van der Waals surface area contributed by atoms with Crippen molar-refractivity contribution in [3.8, 4) is 0 Å². The van der Waals surface area contributed by atoms with Gasteiger partial charge in [0.15, 0.2) is 0 Å². The zero-order chi connectivity index (χ0) is 20.0. The summed E-state index contributed by atoms with van der Waals surface area (Å²) in [6.07, 6.45) is -2.89. The summed E-state index contributed by atoms with van der Waals surface area (Å²) >= 11 is 0. The number of sulfonamides is 1. The topological polar surface area (TPSA) is 113 Å². The summed E-state index contributed by atoms with van der Waals surface area (Å²) in [5.41, 5.74) is -1.15. The molecule has 7 nitrogen and oxygen atoms in total. The third kappa shape index (κ3) is 6.48. The van der Waals surface area contributed by atoms with E-state index in [0.29, 0.717) is 18.6 Å². The molecule has 1 unspecified atom stereocenters. The number of carbonyl (C=O) groups excluding carboxylic acids is 1. The van der Waals surface area contributed by atoms with Gasteiger partial charge in [0.25, 0.3) is 0 Å². The Morgan fingerprint density at radius 2 is 1.96 bits per heavy atom. The van der Waals surface area contributed by atoms with Gasteiger partial charge in [0.05, 0.1) is 17.0 Å². The van der Waals surface area contributed by atoms with Crippen LogP contribution in [0.4, 0.5) is 13.2 Å². The standard InChI is InChI=1S/C15H17F3N2O5S/c1-2-3-7-12(14(22)23)20-13(21)9-19-26(24,25)11-6-4-5-10(8-11)15(16,17)18/h2,4-6,8,12,19H,1,3,7,9H2,(H,20,21)(H,22,23). The number of hydrogen-bond donors (Lipinski definition) is 3. The lowest BCUT2D eigenvalue weighted by Crippen LogP contribution is -2.45. The summed E-state index contributed by atoms with van der Waals surface area (Å²) in [4.78, 5) is 22.1. The van der Waals surface area contributed by atoms with Crippen molar-refractivity contribution in [3.05, 3.63) is 42.5 Å². The van der Waals surface area contributed by atoms with Gasteiger partial charge in [-0.1, -0.05) is 12.1 Å². The number of rotatable bonds is 9. The molecule has 0 heterocycles. The predicted molar refractivity (Wildman–Crippen MR) is 85.6 cm³/mol. The molecule has 1 atom stereocenters. The fraction of sp³-hybridized carbons (Fsp3) is 0.333. The SMILES string of the molecule is C=CCCC(NC(=O)CNS(=O)(=O)c1cccc(C(F)(F)F)c1)C(=O)O. The first-order valence-corrected chi connectivity index (χ1v) is 8.75. The molecule has 0 saturated carbocycles. The summed E-state index contributed by atoms with van der Waals surface area (Å²) < 4.78 is 63.8. The lowest BCUT2D eigenvalue weighted by Gasteiger charge is -2.14. The Morgan fingerprint density at radius 1 is 1.31 bits per heavy atom. The number of benzene rings is 1. The van der Waals surface area contributed by atoms with Gasteiger partial charge in [-0.2, -0.15) is 13.2 Å². The number of carboxylic acid groups (broad SMARTS) is 1. The smallest absolute Gasteiger partial charge is 0.416 e. The number of amides is 1. The largest absolute Gasteiger partial charge is 0.480 e. The van der Waals surface area contributed by atoms with E-state index in [1.165, 1.54) is 6.08 Å². The molecule has 0 radical (unpaired) electrons. The zero-order valence-corrected chi connectivity index (χ0v) is 14.2. The summed E-state index contributed by atoms with van der Waals surface area (Å²) in [5.74, 6) is -2.24. The Hall–Kier alpha value is -2.40. The second-order valence-electron chi connectivity index (χ2n) is 5.17. The van der Waals surface area contributed by atoms with Crippen LogP contribution in [0.5, 0.6) is 0 Å². The highest BCUT2D eigenvalue weighted by Gasteiger charge is 2.31. The maximum absolute atomic E-state index is 12.6. The van der Waals surface area contributed by atoms with Gasteiger partial charge in [0, 0.05) is 0 Å². The summed E-state index contributed by atoms with van der Waals surface area (Å²) in [6, 6.07) is 1.78. The van der Waals surface area contributed by atoms with Crippen LogP contribution in [0.1, 0.15) is 18.4 Å². The number of carbonyl (C=O) groups is 2. The van der Waals surface area contributed by atoms with Crippen LogP contribution < -0.4 is 10.0 Å². The van der Waals surface area contributed by atoms with Gasteiger partial charge in [0.1, 0.15) is 6.04 Å². The van der Waals surface area contributed by atoms with Crippen molar-refractivity contribution in [2.45, 2.75) is 30.0 Å². The highest BCUT2D eigenvalue weighted by molar-refractivity contribution is 7.89. The van der Waals surface area contributed by atoms with Crippen LogP contribution in [0.15, 0.2) is 41.8 Å². The van der Waals surface area contributed by atoms with Crippen LogP contribution >= 0.6 is 0 Å². The molecule has 1 amide bonds. The first-order valence-electron chi connectivity index (χ1n) is 7.27. The molecule has 0 spiro atoms. The average Bonchev–Trinajstić information content (AvgIpc) is 2.56. The molecule has 1 aromatic rings. The van der Waals surface area contributed by atoms with Gasteiger partial charge in [-0.25, -0.2) is 17.9 Å². The van der Waals surface area contributed by atoms with E-state index in [2.05, 4.69) is 11.9 Å². The first-order chi connectivity index (χ1) is 12.0. The Morgan fingerprint density at radius 3 is 2.50 bits per heavy atom. The Balaban J connectivity index is 2.77. The van der Waals surface area contributed by atoms with Gasteiger partial charge in [-0.05, 0) is 31.0 Å². The maximum Gasteiger partial charge on any atom is 0.416 e. The highest BCUT2D eigenvalue weighted by Crippen LogP contribution is 2.30.